The normalized spacial score (nSPS) is 26.7. The number of rotatable bonds is 5. The molecule has 5 heteroatoms. The highest BCUT2D eigenvalue weighted by Crippen LogP contribution is 2.46. The second-order valence-electron chi connectivity index (χ2n) is 9.12. The van der Waals surface area contributed by atoms with Gasteiger partial charge in [-0.1, -0.05) is 37.1 Å². The van der Waals surface area contributed by atoms with Gasteiger partial charge in [0.2, 0.25) is 0 Å². The van der Waals surface area contributed by atoms with Crippen LogP contribution in [0.25, 0.3) is 0 Å². The number of ether oxygens (including phenoxy) is 2. The van der Waals surface area contributed by atoms with Gasteiger partial charge in [0.15, 0.2) is 0 Å². The van der Waals surface area contributed by atoms with Gasteiger partial charge in [-0.15, -0.1) is 0 Å². The molecule has 1 saturated heterocycles. The fourth-order valence-corrected chi connectivity index (χ4v) is 5.82. The van der Waals surface area contributed by atoms with Crippen LogP contribution in [-0.4, -0.2) is 56.5 Å². The van der Waals surface area contributed by atoms with Gasteiger partial charge in [0.1, 0.15) is 6.61 Å². The molecule has 1 aromatic rings. The Bertz CT molecular complexity index is 684. The van der Waals surface area contributed by atoms with Crippen LogP contribution in [-0.2, 0) is 21.3 Å². The SMILES string of the molecule is COCCOC(=O)NC1CCCCC(N2CCC3(CCc4ccccc43)CC2)C1. The van der Waals surface area contributed by atoms with Crippen LogP contribution in [0.4, 0.5) is 4.79 Å². The molecule has 2 fully saturated rings. The van der Waals surface area contributed by atoms with Gasteiger partial charge in [0.25, 0.3) is 0 Å². The summed E-state index contributed by atoms with van der Waals surface area (Å²) in [6.07, 6.45) is 10.6. The number of hydrogen-bond acceptors (Lipinski definition) is 4. The number of aryl methyl sites for hydroxylation is 1. The van der Waals surface area contributed by atoms with Crippen molar-refractivity contribution in [3.63, 3.8) is 0 Å². The minimum atomic E-state index is -0.298. The Hall–Kier alpha value is -1.59. The number of fused-ring (bicyclic) bond motifs is 2. The molecule has 0 bridgehead atoms. The summed E-state index contributed by atoms with van der Waals surface area (Å²) in [4.78, 5) is 14.8. The lowest BCUT2D eigenvalue weighted by molar-refractivity contribution is 0.0886. The number of likely N-dealkylation sites (tertiary alicyclic amines) is 1. The van der Waals surface area contributed by atoms with Crippen LogP contribution in [0.3, 0.4) is 0 Å². The first-order valence-electron chi connectivity index (χ1n) is 11.4. The second-order valence-corrected chi connectivity index (χ2v) is 9.12. The number of nitrogens with one attached hydrogen (secondary N) is 1. The molecule has 0 radical (unpaired) electrons. The molecule has 1 saturated carbocycles. The van der Waals surface area contributed by atoms with Gasteiger partial charge in [-0.05, 0) is 74.6 Å². The maximum absolute atomic E-state index is 12.1. The zero-order valence-corrected chi connectivity index (χ0v) is 17.8. The molecule has 1 spiro atoms. The van der Waals surface area contributed by atoms with Gasteiger partial charge in [-0.2, -0.15) is 0 Å². The van der Waals surface area contributed by atoms with Gasteiger partial charge in [0.05, 0.1) is 6.61 Å². The monoisotopic (exact) mass is 400 g/mol. The third kappa shape index (κ3) is 4.77. The Balaban J connectivity index is 1.31. The summed E-state index contributed by atoms with van der Waals surface area (Å²) >= 11 is 0. The molecule has 1 amide bonds. The van der Waals surface area contributed by atoms with Crippen molar-refractivity contribution < 1.29 is 14.3 Å². The Morgan fingerprint density at radius 1 is 1.14 bits per heavy atom. The third-order valence-electron chi connectivity index (χ3n) is 7.47. The Kier molecular flexibility index (Phi) is 6.76. The van der Waals surface area contributed by atoms with Crippen LogP contribution in [0, 0.1) is 0 Å². The molecular weight excluding hydrogens is 364 g/mol. The number of benzene rings is 1. The van der Waals surface area contributed by atoms with Gasteiger partial charge < -0.3 is 19.7 Å². The van der Waals surface area contributed by atoms with E-state index in [1.807, 2.05) is 0 Å². The van der Waals surface area contributed by atoms with E-state index in [1.54, 1.807) is 18.2 Å². The molecule has 1 aliphatic heterocycles. The van der Waals surface area contributed by atoms with E-state index in [4.69, 9.17) is 9.47 Å². The van der Waals surface area contributed by atoms with Gasteiger partial charge in [-0.25, -0.2) is 4.79 Å². The number of amides is 1. The molecule has 2 unspecified atom stereocenters. The molecule has 29 heavy (non-hydrogen) atoms. The van der Waals surface area contributed by atoms with Crippen molar-refractivity contribution in [3.05, 3.63) is 35.4 Å². The summed E-state index contributed by atoms with van der Waals surface area (Å²) in [6, 6.07) is 9.90. The van der Waals surface area contributed by atoms with Crippen LogP contribution < -0.4 is 5.32 Å². The zero-order chi connectivity index (χ0) is 20.1. The molecule has 1 heterocycles. The van der Waals surface area contributed by atoms with Gasteiger partial charge in [-0.3, -0.25) is 0 Å². The maximum Gasteiger partial charge on any atom is 0.407 e. The van der Waals surface area contributed by atoms with Crippen LogP contribution in [0.15, 0.2) is 24.3 Å². The van der Waals surface area contributed by atoms with Crippen molar-refractivity contribution >= 4 is 6.09 Å². The predicted octanol–water partition coefficient (Wildman–Crippen LogP) is 4.04. The number of alkyl carbamates (subject to hydrolysis) is 1. The van der Waals surface area contributed by atoms with Crippen molar-refractivity contribution in [2.75, 3.05) is 33.4 Å². The van der Waals surface area contributed by atoms with Crippen LogP contribution in [0.1, 0.15) is 62.5 Å². The Morgan fingerprint density at radius 3 is 2.76 bits per heavy atom. The van der Waals surface area contributed by atoms with Gasteiger partial charge in [0, 0.05) is 19.2 Å². The first-order valence-corrected chi connectivity index (χ1v) is 11.4. The van der Waals surface area contributed by atoms with Crippen molar-refractivity contribution in [1.82, 2.24) is 10.2 Å². The van der Waals surface area contributed by atoms with Crippen molar-refractivity contribution in [3.8, 4) is 0 Å². The number of carbonyl (C=O) groups excluding carboxylic acids is 1. The summed E-state index contributed by atoms with van der Waals surface area (Å²) in [6.45, 7) is 3.13. The van der Waals surface area contributed by atoms with Crippen LogP contribution in [0.2, 0.25) is 0 Å². The molecule has 5 nitrogen and oxygen atoms in total. The predicted molar refractivity (Wildman–Crippen MR) is 114 cm³/mol. The number of nitrogens with zero attached hydrogens (tertiary/aromatic N) is 1. The minimum Gasteiger partial charge on any atom is -0.447 e. The fourth-order valence-electron chi connectivity index (χ4n) is 5.82. The fraction of sp³-hybridized carbons (Fsp3) is 0.708. The number of piperidine rings is 1. The van der Waals surface area contributed by atoms with Crippen LogP contribution >= 0.6 is 0 Å². The van der Waals surface area contributed by atoms with Crippen molar-refractivity contribution in [1.29, 1.82) is 0 Å². The lowest BCUT2D eigenvalue weighted by atomic mass is 9.73. The van der Waals surface area contributed by atoms with E-state index in [0.717, 1.165) is 12.8 Å². The van der Waals surface area contributed by atoms with Gasteiger partial charge >= 0.3 is 6.09 Å². The average molecular weight is 401 g/mol. The second kappa shape index (κ2) is 9.48. The molecule has 3 aliphatic rings. The molecule has 0 aromatic heterocycles. The summed E-state index contributed by atoms with van der Waals surface area (Å²) in [5, 5.41) is 3.11. The van der Waals surface area contributed by atoms with E-state index in [-0.39, 0.29) is 12.1 Å². The summed E-state index contributed by atoms with van der Waals surface area (Å²) in [5.41, 5.74) is 3.62. The van der Waals surface area contributed by atoms with E-state index in [2.05, 4.69) is 34.5 Å². The molecule has 1 N–H and O–H groups in total. The quantitative estimate of drug-likeness (QED) is 0.599. The Morgan fingerprint density at radius 2 is 1.93 bits per heavy atom. The number of hydrogen-bond donors (Lipinski definition) is 1. The van der Waals surface area contributed by atoms with Crippen molar-refractivity contribution in [2.24, 2.45) is 0 Å². The first-order chi connectivity index (χ1) is 14.2. The molecule has 4 rings (SSSR count). The molecular formula is C24H36N2O3. The minimum absolute atomic E-state index is 0.223. The third-order valence-corrected chi connectivity index (χ3v) is 7.47. The highest BCUT2D eigenvalue weighted by molar-refractivity contribution is 5.67. The van der Waals surface area contributed by atoms with E-state index in [9.17, 15) is 4.79 Å². The standard InChI is InChI=1S/C24H36N2O3/c1-28-16-17-29-23(27)25-20-7-3-4-8-21(18-20)26-14-12-24(13-15-26)11-10-19-6-2-5-9-22(19)24/h2,5-6,9,20-21H,3-4,7-8,10-18H2,1H3,(H,25,27). The van der Waals surface area contributed by atoms with Crippen LogP contribution in [0.5, 0.6) is 0 Å². The largest absolute Gasteiger partial charge is 0.447 e. The topological polar surface area (TPSA) is 50.8 Å². The molecule has 2 atom stereocenters. The van der Waals surface area contributed by atoms with E-state index >= 15 is 0 Å². The maximum atomic E-state index is 12.1. The average Bonchev–Trinajstić information content (AvgIpc) is 2.92. The smallest absolute Gasteiger partial charge is 0.407 e. The Labute approximate surface area is 175 Å². The van der Waals surface area contributed by atoms with E-state index < -0.39 is 0 Å². The number of methoxy groups -OCH3 is 1. The highest BCUT2D eigenvalue weighted by atomic mass is 16.6. The number of carbonyl (C=O) groups is 1. The first kappa shape index (κ1) is 20.7. The van der Waals surface area contributed by atoms with Crippen molar-refractivity contribution in [2.45, 2.75) is 75.3 Å². The molecule has 1 aromatic carbocycles. The summed E-state index contributed by atoms with van der Waals surface area (Å²) in [7, 11) is 1.62. The highest BCUT2D eigenvalue weighted by Gasteiger charge is 2.42. The molecule has 2 aliphatic carbocycles. The lowest BCUT2D eigenvalue weighted by Crippen LogP contribution is -2.48. The summed E-state index contributed by atoms with van der Waals surface area (Å²) in [5.74, 6) is 0. The summed E-state index contributed by atoms with van der Waals surface area (Å²) < 4.78 is 10.2. The van der Waals surface area contributed by atoms with E-state index in [1.165, 1.54) is 58.0 Å². The zero-order valence-electron chi connectivity index (χ0n) is 17.8. The van der Waals surface area contributed by atoms with E-state index in [0.29, 0.717) is 24.7 Å². The molecule has 160 valence electrons. The lowest BCUT2D eigenvalue weighted by Gasteiger charge is -2.43.